The van der Waals surface area contributed by atoms with Crippen LogP contribution in [0.2, 0.25) is 0 Å². The Hall–Kier alpha value is -2.89. The van der Waals surface area contributed by atoms with Gasteiger partial charge in [-0.25, -0.2) is 0 Å². The normalized spacial score (nSPS) is 11.2. The van der Waals surface area contributed by atoms with Crippen molar-refractivity contribution in [2.24, 2.45) is 4.99 Å². The lowest BCUT2D eigenvalue weighted by Gasteiger charge is -2.12. The molecule has 0 radical (unpaired) electrons. The molecule has 0 heterocycles. The third kappa shape index (κ3) is 5.60. The van der Waals surface area contributed by atoms with Crippen LogP contribution in [0.4, 0.5) is 5.69 Å². The fourth-order valence-corrected chi connectivity index (χ4v) is 2.78. The zero-order valence-electron chi connectivity index (χ0n) is 14.9. The smallest absolute Gasteiger partial charge is 0.274 e. The van der Waals surface area contributed by atoms with Crippen molar-refractivity contribution in [3.8, 4) is 0 Å². The van der Waals surface area contributed by atoms with Crippen LogP contribution in [0.25, 0.3) is 0 Å². The van der Waals surface area contributed by atoms with Gasteiger partial charge in [-0.2, -0.15) is 0 Å². The minimum absolute atomic E-state index is 0.112. The van der Waals surface area contributed by atoms with Crippen molar-refractivity contribution < 1.29 is 4.92 Å². The van der Waals surface area contributed by atoms with Gasteiger partial charge < -0.3 is 10.6 Å². The summed E-state index contributed by atoms with van der Waals surface area (Å²) >= 11 is 0. The van der Waals surface area contributed by atoms with E-state index in [9.17, 15) is 10.1 Å². The van der Waals surface area contributed by atoms with Crippen molar-refractivity contribution in [1.29, 1.82) is 0 Å². The van der Waals surface area contributed by atoms with Crippen LogP contribution in [0.15, 0.2) is 47.5 Å². The lowest BCUT2D eigenvalue weighted by atomic mass is 10.1. The van der Waals surface area contributed by atoms with Crippen molar-refractivity contribution in [2.75, 3.05) is 13.6 Å². The monoisotopic (exact) mass is 340 g/mol. The van der Waals surface area contributed by atoms with Crippen LogP contribution in [0, 0.1) is 24.0 Å². The Kier molecular flexibility index (Phi) is 6.51. The first-order chi connectivity index (χ1) is 12.0. The van der Waals surface area contributed by atoms with Crippen LogP contribution < -0.4 is 10.6 Å². The second-order valence-corrected chi connectivity index (χ2v) is 5.98. The highest BCUT2D eigenvalue weighted by molar-refractivity contribution is 5.79. The number of nitrogens with zero attached hydrogens (tertiary/aromatic N) is 2. The van der Waals surface area contributed by atoms with E-state index < -0.39 is 0 Å². The Morgan fingerprint density at radius 3 is 2.44 bits per heavy atom. The molecule has 0 saturated carbocycles. The number of aryl methyl sites for hydroxylation is 2. The van der Waals surface area contributed by atoms with Gasteiger partial charge in [-0.05, 0) is 25.8 Å². The quantitative estimate of drug-likeness (QED) is 0.366. The standard InChI is InChI=1S/C19H24N4O2/c1-14-10-15(2)12-16(11-14)8-9-21-19(20-3)22-13-17-6-4-5-7-18(17)23(24)25/h4-7,10-12H,8-9,13H2,1-3H3,(H2,20,21,22). The maximum atomic E-state index is 11.1. The van der Waals surface area contributed by atoms with E-state index in [1.807, 2.05) is 0 Å². The minimum atomic E-state index is -0.368. The van der Waals surface area contributed by atoms with Gasteiger partial charge in [0, 0.05) is 31.8 Å². The molecule has 0 bridgehead atoms. The van der Waals surface area contributed by atoms with Gasteiger partial charge in [-0.3, -0.25) is 15.1 Å². The maximum Gasteiger partial charge on any atom is 0.274 e. The lowest BCUT2D eigenvalue weighted by Crippen LogP contribution is -2.38. The lowest BCUT2D eigenvalue weighted by molar-refractivity contribution is -0.385. The van der Waals surface area contributed by atoms with Crippen LogP contribution in [-0.4, -0.2) is 24.5 Å². The molecule has 25 heavy (non-hydrogen) atoms. The number of aliphatic imine (C=N–C) groups is 1. The molecule has 0 fully saturated rings. The van der Waals surface area contributed by atoms with Gasteiger partial charge in [-0.15, -0.1) is 0 Å². The average molecular weight is 340 g/mol. The van der Waals surface area contributed by atoms with Crippen molar-refractivity contribution in [3.05, 3.63) is 74.8 Å². The van der Waals surface area contributed by atoms with E-state index in [-0.39, 0.29) is 10.6 Å². The highest BCUT2D eigenvalue weighted by Gasteiger charge is 2.12. The number of rotatable bonds is 6. The van der Waals surface area contributed by atoms with E-state index >= 15 is 0 Å². The Bertz CT molecular complexity index is 752. The zero-order valence-corrected chi connectivity index (χ0v) is 14.9. The highest BCUT2D eigenvalue weighted by Crippen LogP contribution is 2.17. The summed E-state index contributed by atoms with van der Waals surface area (Å²) in [6.45, 7) is 5.27. The third-order valence-corrected chi connectivity index (χ3v) is 3.85. The molecule has 2 N–H and O–H groups in total. The van der Waals surface area contributed by atoms with Gasteiger partial charge in [0.25, 0.3) is 5.69 Å². The molecule has 0 amide bonds. The van der Waals surface area contributed by atoms with Crippen LogP contribution >= 0.6 is 0 Å². The number of nitro groups is 1. The van der Waals surface area contributed by atoms with Crippen LogP contribution in [0.5, 0.6) is 0 Å². The SMILES string of the molecule is CN=C(NCCc1cc(C)cc(C)c1)NCc1ccccc1[N+](=O)[O-]. The summed E-state index contributed by atoms with van der Waals surface area (Å²) < 4.78 is 0. The van der Waals surface area contributed by atoms with Crippen LogP contribution in [-0.2, 0) is 13.0 Å². The molecule has 132 valence electrons. The van der Waals surface area contributed by atoms with Crippen molar-refractivity contribution in [3.63, 3.8) is 0 Å². The Morgan fingerprint density at radius 2 is 1.80 bits per heavy atom. The Balaban J connectivity index is 1.88. The summed E-state index contributed by atoms with van der Waals surface area (Å²) in [6, 6.07) is 13.2. The molecule has 6 heteroatoms. The predicted molar refractivity (Wildman–Crippen MR) is 101 cm³/mol. The summed E-state index contributed by atoms with van der Waals surface area (Å²) in [6.07, 6.45) is 0.884. The number of guanidine groups is 1. The van der Waals surface area contributed by atoms with Gasteiger partial charge in [0.2, 0.25) is 0 Å². The summed E-state index contributed by atoms with van der Waals surface area (Å²) in [5.41, 5.74) is 4.53. The first-order valence-electron chi connectivity index (χ1n) is 8.23. The molecule has 0 spiro atoms. The van der Waals surface area contributed by atoms with Crippen molar-refractivity contribution >= 4 is 11.6 Å². The molecule has 0 aromatic heterocycles. The fraction of sp³-hybridized carbons (Fsp3) is 0.316. The topological polar surface area (TPSA) is 79.6 Å². The summed E-state index contributed by atoms with van der Waals surface area (Å²) in [7, 11) is 1.69. The van der Waals surface area contributed by atoms with E-state index in [1.165, 1.54) is 22.8 Å². The minimum Gasteiger partial charge on any atom is -0.356 e. The number of benzene rings is 2. The van der Waals surface area contributed by atoms with Gasteiger partial charge >= 0.3 is 0 Å². The molecular weight excluding hydrogens is 316 g/mol. The molecule has 0 aliphatic carbocycles. The largest absolute Gasteiger partial charge is 0.356 e. The summed E-state index contributed by atoms with van der Waals surface area (Å²) in [4.78, 5) is 14.9. The van der Waals surface area contributed by atoms with Crippen LogP contribution in [0.3, 0.4) is 0 Å². The molecule has 0 aliphatic rings. The Labute approximate surface area is 148 Å². The molecule has 0 aliphatic heterocycles. The molecular formula is C19H24N4O2. The van der Waals surface area contributed by atoms with E-state index in [1.54, 1.807) is 25.2 Å². The Morgan fingerprint density at radius 1 is 1.12 bits per heavy atom. The first kappa shape index (κ1) is 18.4. The third-order valence-electron chi connectivity index (χ3n) is 3.85. The maximum absolute atomic E-state index is 11.1. The number of hydrogen-bond donors (Lipinski definition) is 2. The molecule has 2 aromatic rings. The molecule has 2 rings (SSSR count). The van der Waals surface area contributed by atoms with E-state index in [4.69, 9.17) is 0 Å². The second-order valence-electron chi connectivity index (χ2n) is 5.98. The van der Waals surface area contributed by atoms with Crippen molar-refractivity contribution in [1.82, 2.24) is 10.6 Å². The summed E-state index contributed by atoms with van der Waals surface area (Å²) in [5, 5.41) is 17.4. The predicted octanol–water partition coefficient (Wildman–Crippen LogP) is 3.12. The molecule has 6 nitrogen and oxygen atoms in total. The van der Waals surface area contributed by atoms with E-state index in [2.05, 4.69) is 47.7 Å². The van der Waals surface area contributed by atoms with Crippen molar-refractivity contribution in [2.45, 2.75) is 26.8 Å². The number of nitrogens with one attached hydrogen (secondary N) is 2. The number of hydrogen-bond acceptors (Lipinski definition) is 3. The second kappa shape index (κ2) is 8.82. The van der Waals surface area contributed by atoms with Crippen LogP contribution in [0.1, 0.15) is 22.3 Å². The number of para-hydroxylation sites is 1. The van der Waals surface area contributed by atoms with Gasteiger partial charge in [0.15, 0.2) is 5.96 Å². The van der Waals surface area contributed by atoms with Gasteiger partial charge in [0.05, 0.1) is 4.92 Å². The average Bonchev–Trinajstić information content (AvgIpc) is 2.57. The number of nitro benzene ring substituents is 1. The summed E-state index contributed by atoms with van der Waals surface area (Å²) in [5.74, 6) is 0.627. The van der Waals surface area contributed by atoms with E-state index in [0.717, 1.165) is 13.0 Å². The molecule has 2 aromatic carbocycles. The highest BCUT2D eigenvalue weighted by atomic mass is 16.6. The molecule has 0 atom stereocenters. The fourth-order valence-electron chi connectivity index (χ4n) is 2.78. The van der Waals surface area contributed by atoms with Gasteiger partial charge in [0.1, 0.15) is 0 Å². The molecule has 0 unspecified atom stereocenters. The first-order valence-corrected chi connectivity index (χ1v) is 8.23. The van der Waals surface area contributed by atoms with Gasteiger partial charge in [-0.1, -0.05) is 47.5 Å². The zero-order chi connectivity index (χ0) is 18.2. The van der Waals surface area contributed by atoms with E-state index in [0.29, 0.717) is 18.1 Å². The molecule has 0 saturated heterocycles.